The first-order chi connectivity index (χ1) is 6.42. The highest BCUT2D eigenvalue weighted by molar-refractivity contribution is 8.00. The van der Waals surface area contributed by atoms with Gasteiger partial charge >= 0.3 is 5.51 Å². The van der Waals surface area contributed by atoms with Crippen LogP contribution >= 0.6 is 11.8 Å². The van der Waals surface area contributed by atoms with Gasteiger partial charge in [0, 0.05) is 4.90 Å². The number of hydrogen-bond acceptors (Lipinski definition) is 3. The number of hydrazine groups is 1. The van der Waals surface area contributed by atoms with E-state index >= 15 is 0 Å². The number of hydrogen-bond donors (Lipinski definition) is 2. The average Bonchev–Trinajstić information content (AvgIpc) is 2.01. The summed E-state index contributed by atoms with van der Waals surface area (Å²) in [5, 5.41) is 0. The molecular formula is C8H9F3N2S. The number of rotatable bonds is 2. The lowest BCUT2D eigenvalue weighted by Gasteiger charge is -2.10. The fraction of sp³-hybridized carbons (Fsp3) is 0.250. The topological polar surface area (TPSA) is 38.0 Å². The molecule has 0 fully saturated rings. The lowest BCUT2D eigenvalue weighted by atomic mass is 10.2. The summed E-state index contributed by atoms with van der Waals surface area (Å²) in [4.78, 5) is 0.0833. The maximum atomic E-state index is 12.1. The number of anilines is 1. The molecule has 1 aromatic rings. The number of alkyl halides is 3. The van der Waals surface area contributed by atoms with E-state index < -0.39 is 5.51 Å². The van der Waals surface area contributed by atoms with Gasteiger partial charge in [-0.05, 0) is 36.4 Å². The fourth-order valence-electron chi connectivity index (χ4n) is 0.958. The predicted molar refractivity (Wildman–Crippen MR) is 50.9 cm³/mol. The summed E-state index contributed by atoms with van der Waals surface area (Å²) in [5.41, 5.74) is -1.03. The second-order valence-corrected chi connectivity index (χ2v) is 3.80. The van der Waals surface area contributed by atoms with E-state index in [-0.39, 0.29) is 22.3 Å². The lowest BCUT2D eigenvalue weighted by molar-refractivity contribution is -0.0327. The number of nitrogens with two attached hydrogens (primary N) is 1. The Kier molecular flexibility index (Phi) is 3.28. The van der Waals surface area contributed by atoms with E-state index in [0.717, 1.165) is 5.56 Å². The predicted octanol–water partition coefficient (Wildman–Crippen LogP) is 2.89. The van der Waals surface area contributed by atoms with Gasteiger partial charge in [0.2, 0.25) is 0 Å². The van der Waals surface area contributed by atoms with E-state index in [1.54, 1.807) is 13.0 Å². The van der Waals surface area contributed by atoms with Crippen LogP contribution in [0.2, 0.25) is 0 Å². The molecule has 6 heteroatoms. The second-order valence-electron chi connectivity index (χ2n) is 2.69. The van der Waals surface area contributed by atoms with Crippen LogP contribution in [0.25, 0.3) is 0 Å². The molecule has 2 nitrogen and oxygen atoms in total. The van der Waals surface area contributed by atoms with Crippen LogP contribution in [0.3, 0.4) is 0 Å². The minimum absolute atomic E-state index is 0.0833. The monoisotopic (exact) mass is 222 g/mol. The third-order valence-electron chi connectivity index (χ3n) is 1.52. The fourth-order valence-corrected chi connectivity index (χ4v) is 1.69. The normalized spacial score (nSPS) is 11.5. The first-order valence-corrected chi connectivity index (χ1v) is 4.57. The van der Waals surface area contributed by atoms with Crippen LogP contribution in [0.1, 0.15) is 5.56 Å². The van der Waals surface area contributed by atoms with Gasteiger partial charge in [-0.2, -0.15) is 13.2 Å². The zero-order valence-corrected chi connectivity index (χ0v) is 8.17. The molecule has 0 unspecified atom stereocenters. The second kappa shape index (κ2) is 4.10. The summed E-state index contributed by atoms with van der Waals surface area (Å²) in [6.45, 7) is 1.72. The SMILES string of the molecule is Cc1ccc(NN)c(SC(F)(F)F)c1. The van der Waals surface area contributed by atoms with Crippen molar-refractivity contribution in [1.82, 2.24) is 0 Å². The quantitative estimate of drug-likeness (QED) is 0.459. The summed E-state index contributed by atoms with van der Waals surface area (Å²) in [7, 11) is 0. The van der Waals surface area contributed by atoms with Crippen LogP contribution in [0.5, 0.6) is 0 Å². The highest BCUT2D eigenvalue weighted by atomic mass is 32.2. The molecule has 0 atom stereocenters. The summed E-state index contributed by atoms with van der Waals surface area (Å²) < 4.78 is 36.3. The van der Waals surface area contributed by atoms with Gasteiger partial charge in [0.25, 0.3) is 0 Å². The Balaban J connectivity index is 2.99. The molecular weight excluding hydrogens is 213 g/mol. The van der Waals surface area contributed by atoms with Crippen molar-refractivity contribution in [3.8, 4) is 0 Å². The van der Waals surface area contributed by atoms with Crippen molar-refractivity contribution < 1.29 is 13.2 Å². The minimum Gasteiger partial charge on any atom is -0.323 e. The standard InChI is InChI=1S/C8H9F3N2S/c1-5-2-3-6(13-12)7(4-5)14-8(9,10)11/h2-4,13H,12H2,1H3. The number of thioether (sulfide) groups is 1. The number of aryl methyl sites for hydroxylation is 1. The summed E-state index contributed by atoms with van der Waals surface area (Å²) in [6, 6.07) is 4.65. The highest BCUT2D eigenvalue weighted by Crippen LogP contribution is 2.40. The molecule has 0 aliphatic heterocycles. The molecule has 3 N–H and O–H groups in total. The highest BCUT2D eigenvalue weighted by Gasteiger charge is 2.30. The molecule has 0 aliphatic rings. The Bertz CT molecular complexity index is 325. The van der Waals surface area contributed by atoms with Gasteiger partial charge in [-0.15, -0.1) is 0 Å². The largest absolute Gasteiger partial charge is 0.446 e. The molecule has 0 heterocycles. The maximum absolute atomic E-state index is 12.1. The molecule has 0 aromatic heterocycles. The van der Waals surface area contributed by atoms with E-state index in [1.807, 2.05) is 0 Å². The van der Waals surface area contributed by atoms with Gasteiger partial charge in [0.15, 0.2) is 0 Å². The zero-order chi connectivity index (χ0) is 10.8. The van der Waals surface area contributed by atoms with Crippen molar-refractivity contribution >= 4 is 17.4 Å². The van der Waals surface area contributed by atoms with E-state index in [1.165, 1.54) is 12.1 Å². The van der Waals surface area contributed by atoms with Gasteiger partial charge in [-0.1, -0.05) is 6.07 Å². The Morgan fingerprint density at radius 1 is 1.36 bits per heavy atom. The van der Waals surface area contributed by atoms with Gasteiger partial charge in [0.05, 0.1) is 5.69 Å². The van der Waals surface area contributed by atoms with E-state index in [9.17, 15) is 13.2 Å². The number of nitrogen functional groups attached to an aromatic ring is 1. The van der Waals surface area contributed by atoms with E-state index in [0.29, 0.717) is 0 Å². The lowest BCUT2D eigenvalue weighted by Crippen LogP contribution is -2.09. The van der Waals surface area contributed by atoms with Gasteiger partial charge in [-0.3, -0.25) is 5.84 Å². The van der Waals surface area contributed by atoms with Crippen LogP contribution in [0.15, 0.2) is 23.1 Å². The molecule has 0 spiro atoms. The summed E-state index contributed by atoms with van der Waals surface area (Å²) >= 11 is -0.176. The zero-order valence-electron chi connectivity index (χ0n) is 7.35. The summed E-state index contributed by atoms with van der Waals surface area (Å²) in [6.07, 6.45) is 0. The summed E-state index contributed by atoms with van der Waals surface area (Å²) in [5.74, 6) is 5.09. The maximum Gasteiger partial charge on any atom is 0.446 e. The first kappa shape index (κ1) is 11.2. The molecule has 78 valence electrons. The van der Waals surface area contributed by atoms with Crippen molar-refractivity contribution in [1.29, 1.82) is 0 Å². The molecule has 0 bridgehead atoms. The molecule has 0 amide bonds. The van der Waals surface area contributed by atoms with Gasteiger partial charge < -0.3 is 5.43 Å². The first-order valence-electron chi connectivity index (χ1n) is 3.75. The molecule has 0 saturated heterocycles. The number of benzene rings is 1. The number of halogens is 3. The van der Waals surface area contributed by atoms with Crippen LogP contribution in [0, 0.1) is 6.92 Å². The van der Waals surface area contributed by atoms with Crippen molar-refractivity contribution in [3.63, 3.8) is 0 Å². The third kappa shape index (κ3) is 3.12. The van der Waals surface area contributed by atoms with Crippen molar-refractivity contribution in [2.45, 2.75) is 17.3 Å². The minimum atomic E-state index is -4.29. The van der Waals surface area contributed by atoms with Gasteiger partial charge in [-0.25, -0.2) is 0 Å². The van der Waals surface area contributed by atoms with Crippen molar-refractivity contribution in [3.05, 3.63) is 23.8 Å². The van der Waals surface area contributed by atoms with Crippen molar-refractivity contribution in [2.24, 2.45) is 5.84 Å². The molecule has 1 rings (SSSR count). The Morgan fingerprint density at radius 2 is 2.00 bits per heavy atom. The Hall–Kier alpha value is -0.880. The van der Waals surface area contributed by atoms with Crippen LogP contribution in [0.4, 0.5) is 18.9 Å². The van der Waals surface area contributed by atoms with E-state index in [4.69, 9.17) is 5.84 Å². The smallest absolute Gasteiger partial charge is 0.323 e. The molecule has 0 aliphatic carbocycles. The molecule has 14 heavy (non-hydrogen) atoms. The third-order valence-corrected chi connectivity index (χ3v) is 2.31. The van der Waals surface area contributed by atoms with Crippen LogP contribution in [-0.4, -0.2) is 5.51 Å². The molecule has 1 aromatic carbocycles. The number of nitrogens with one attached hydrogen (secondary N) is 1. The molecule has 0 saturated carbocycles. The average molecular weight is 222 g/mol. The Labute approximate surface area is 83.6 Å². The molecule has 0 radical (unpaired) electrons. The van der Waals surface area contributed by atoms with Gasteiger partial charge in [0.1, 0.15) is 0 Å². The Morgan fingerprint density at radius 3 is 2.50 bits per heavy atom. The van der Waals surface area contributed by atoms with Crippen LogP contribution < -0.4 is 11.3 Å². The van der Waals surface area contributed by atoms with Crippen LogP contribution in [-0.2, 0) is 0 Å². The van der Waals surface area contributed by atoms with Crippen molar-refractivity contribution in [2.75, 3.05) is 5.43 Å². The van der Waals surface area contributed by atoms with E-state index in [2.05, 4.69) is 5.43 Å².